The van der Waals surface area contributed by atoms with Gasteiger partial charge in [0.1, 0.15) is 22.3 Å². The van der Waals surface area contributed by atoms with Crippen molar-refractivity contribution < 1.29 is 8.83 Å². The summed E-state index contributed by atoms with van der Waals surface area (Å²) in [5.74, 6) is 0. The molecule has 0 amide bonds. The summed E-state index contributed by atoms with van der Waals surface area (Å²) < 4.78 is 13.0. The van der Waals surface area contributed by atoms with Crippen molar-refractivity contribution in [3.05, 3.63) is 119 Å². The van der Waals surface area contributed by atoms with E-state index in [1.807, 2.05) is 24.3 Å². The molecule has 0 radical (unpaired) electrons. The first kappa shape index (κ1) is 20.5. The fourth-order valence-corrected chi connectivity index (χ4v) is 5.74. The summed E-state index contributed by atoms with van der Waals surface area (Å²) in [4.78, 5) is 0. The number of halogens is 1. The highest BCUT2D eigenvalue weighted by Crippen LogP contribution is 2.37. The van der Waals surface area contributed by atoms with Crippen LogP contribution in [-0.2, 0) is 0 Å². The van der Waals surface area contributed by atoms with Crippen molar-refractivity contribution in [3.63, 3.8) is 0 Å². The van der Waals surface area contributed by atoms with Gasteiger partial charge in [-0.15, -0.1) is 0 Å². The molecule has 0 saturated heterocycles. The molecule has 2 nitrogen and oxygen atoms in total. The predicted molar refractivity (Wildman–Crippen MR) is 155 cm³/mol. The molecule has 8 rings (SSSR count). The SMILES string of the molecule is Ic1cc2ccccc2c2c1oc1ccccc12.c1ccc2c(c1)ccc1oc3ccccc3c12. The highest BCUT2D eigenvalue weighted by molar-refractivity contribution is 14.1. The van der Waals surface area contributed by atoms with E-state index in [0.717, 1.165) is 25.9 Å². The summed E-state index contributed by atoms with van der Waals surface area (Å²) in [6.07, 6.45) is 0. The van der Waals surface area contributed by atoms with Crippen LogP contribution in [0.3, 0.4) is 0 Å². The fourth-order valence-electron chi connectivity index (χ4n) is 5.03. The van der Waals surface area contributed by atoms with Crippen molar-refractivity contribution in [3.8, 4) is 0 Å². The standard InChI is InChI=1S/C16H9IO.C16H10O/c17-13-9-10-5-1-2-6-11(10)15-12-7-3-4-8-14(12)18-16(13)15;1-2-6-12-11(5-1)9-10-15-16(12)13-7-3-4-8-14(13)17-15/h1-9H;1-10H. The van der Waals surface area contributed by atoms with Crippen LogP contribution in [0.15, 0.2) is 124 Å². The number of hydrogen-bond acceptors (Lipinski definition) is 2. The van der Waals surface area contributed by atoms with Crippen molar-refractivity contribution in [2.45, 2.75) is 0 Å². The van der Waals surface area contributed by atoms with Crippen LogP contribution < -0.4 is 0 Å². The highest BCUT2D eigenvalue weighted by atomic mass is 127. The topological polar surface area (TPSA) is 26.3 Å². The first-order valence-corrected chi connectivity index (χ1v) is 12.6. The van der Waals surface area contributed by atoms with E-state index < -0.39 is 0 Å². The maximum atomic E-state index is 5.98. The zero-order chi connectivity index (χ0) is 23.4. The van der Waals surface area contributed by atoms with Gasteiger partial charge in [0, 0.05) is 21.5 Å². The number of fused-ring (bicyclic) bond motifs is 10. The normalized spacial score (nSPS) is 11.6. The Balaban J connectivity index is 0.000000120. The van der Waals surface area contributed by atoms with E-state index >= 15 is 0 Å². The molecule has 2 aromatic heterocycles. The Kier molecular flexibility index (Phi) is 4.77. The van der Waals surface area contributed by atoms with Gasteiger partial charge in [-0.25, -0.2) is 0 Å². The lowest BCUT2D eigenvalue weighted by molar-refractivity contribution is 0.667. The van der Waals surface area contributed by atoms with Gasteiger partial charge in [0.25, 0.3) is 0 Å². The van der Waals surface area contributed by atoms with Crippen molar-refractivity contribution >= 4 is 88.0 Å². The molecular formula is C32H19IO2. The molecule has 6 aromatic carbocycles. The average molecular weight is 562 g/mol. The second-order valence-corrected chi connectivity index (χ2v) is 9.80. The molecule has 35 heavy (non-hydrogen) atoms. The van der Waals surface area contributed by atoms with Crippen LogP contribution in [-0.4, -0.2) is 0 Å². The second kappa shape index (κ2) is 8.14. The summed E-state index contributed by atoms with van der Waals surface area (Å²) in [6, 6.07) is 39.7. The van der Waals surface area contributed by atoms with Gasteiger partial charge >= 0.3 is 0 Å². The minimum absolute atomic E-state index is 0.957. The number of benzene rings is 6. The van der Waals surface area contributed by atoms with Gasteiger partial charge in [-0.05, 0) is 68.4 Å². The molecule has 0 fully saturated rings. The lowest BCUT2D eigenvalue weighted by Gasteiger charge is -2.01. The Morgan fingerprint density at radius 1 is 0.429 bits per heavy atom. The summed E-state index contributed by atoms with van der Waals surface area (Å²) >= 11 is 2.35. The maximum absolute atomic E-state index is 5.98. The van der Waals surface area contributed by atoms with E-state index in [2.05, 4.69) is 114 Å². The lowest BCUT2D eigenvalue weighted by Crippen LogP contribution is -1.77. The smallest absolute Gasteiger partial charge is 0.149 e. The molecule has 0 aliphatic heterocycles. The highest BCUT2D eigenvalue weighted by Gasteiger charge is 2.13. The van der Waals surface area contributed by atoms with Crippen LogP contribution in [0, 0.1) is 3.57 Å². The molecule has 0 N–H and O–H groups in total. The monoisotopic (exact) mass is 562 g/mol. The predicted octanol–water partition coefficient (Wildman–Crippen LogP) is 10.1. The van der Waals surface area contributed by atoms with E-state index in [9.17, 15) is 0 Å². The van der Waals surface area contributed by atoms with Crippen molar-refractivity contribution in [2.24, 2.45) is 0 Å². The zero-order valence-corrected chi connectivity index (χ0v) is 20.8. The third-order valence-electron chi connectivity index (χ3n) is 6.59. The van der Waals surface area contributed by atoms with Crippen LogP contribution in [0.1, 0.15) is 0 Å². The zero-order valence-electron chi connectivity index (χ0n) is 18.7. The van der Waals surface area contributed by atoms with Crippen LogP contribution >= 0.6 is 22.6 Å². The summed E-state index contributed by atoms with van der Waals surface area (Å²) in [5, 5.41) is 9.88. The van der Waals surface area contributed by atoms with Gasteiger partial charge in [0.15, 0.2) is 0 Å². The molecule has 8 aromatic rings. The van der Waals surface area contributed by atoms with Crippen LogP contribution in [0.4, 0.5) is 0 Å². The van der Waals surface area contributed by atoms with Gasteiger partial charge < -0.3 is 8.83 Å². The third-order valence-corrected chi connectivity index (χ3v) is 7.39. The Hall–Kier alpha value is -3.83. The summed E-state index contributed by atoms with van der Waals surface area (Å²) in [6.45, 7) is 0. The second-order valence-electron chi connectivity index (χ2n) is 8.64. The minimum Gasteiger partial charge on any atom is -0.456 e. The Labute approximate surface area is 214 Å². The number of rotatable bonds is 0. The first-order chi connectivity index (χ1) is 17.3. The van der Waals surface area contributed by atoms with E-state index in [1.54, 1.807) is 0 Å². The first-order valence-electron chi connectivity index (χ1n) is 11.6. The van der Waals surface area contributed by atoms with Crippen molar-refractivity contribution in [1.29, 1.82) is 0 Å². The molecule has 0 bridgehead atoms. The largest absolute Gasteiger partial charge is 0.456 e. The van der Waals surface area contributed by atoms with Gasteiger partial charge in [0.05, 0.1) is 3.57 Å². The van der Waals surface area contributed by atoms with Gasteiger partial charge in [-0.3, -0.25) is 0 Å². The Morgan fingerprint density at radius 2 is 0.971 bits per heavy atom. The molecule has 0 saturated carbocycles. The maximum Gasteiger partial charge on any atom is 0.149 e. The summed E-state index contributed by atoms with van der Waals surface area (Å²) in [7, 11) is 0. The number of hydrogen-bond donors (Lipinski definition) is 0. The fraction of sp³-hybridized carbons (Fsp3) is 0. The van der Waals surface area contributed by atoms with Gasteiger partial charge in [0.2, 0.25) is 0 Å². The molecule has 0 unspecified atom stereocenters. The molecule has 0 aliphatic rings. The van der Waals surface area contributed by atoms with Gasteiger partial charge in [-0.2, -0.15) is 0 Å². The summed E-state index contributed by atoms with van der Waals surface area (Å²) in [5.41, 5.74) is 3.88. The van der Waals surface area contributed by atoms with Gasteiger partial charge in [-0.1, -0.05) is 91.0 Å². The van der Waals surface area contributed by atoms with E-state index in [4.69, 9.17) is 8.83 Å². The Morgan fingerprint density at radius 3 is 1.71 bits per heavy atom. The minimum atomic E-state index is 0.957. The Bertz CT molecular complexity index is 2020. The molecule has 0 atom stereocenters. The average Bonchev–Trinajstić information content (AvgIpc) is 3.49. The molecule has 3 heteroatoms. The van der Waals surface area contributed by atoms with Crippen LogP contribution in [0.25, 0.3) is 65.4 Å². The van der Waals surface area contributed by atoms with Crippen LogP contribution in [0.2, 0.25) is 0 Å². The molecule has 2 heterocycles. The quantitative estimate of drug-likeness (QED) is 0.172. The van der Waals surface area contributed by atoms with E-state index in [-0.39, 0.29) is 0 Å². The van der Waals surface area contributed by atoms with E-state index in [1.165, 1.54) is 43.1 Å². The lowest BCUT2D eigenvalue weighted by atomic mass is 10.0. The molecule has 0 aliphatic carbocycles. The van der Waals surface area contributed by atoms with Crippen molar-refractivity contribution in [1.82, 2.24) is 0 Å². The third kappa shape index (κ3) is 3.30. The molecule has 0 spiro atoms. The molecular weight excluding hydrogens is 543 g/mol. The number of furan rings is 2. The van der Waals surface area contributed by atoms with E-state index in [0.29, 0.717) is 0 Å². The van der Waals surface area contributed by atoms with Crippen LogP contribution in [0.5, 0.6) is 0 Å². The number of para-hydroxylation sites is 2. The molecule has 166 valence electrons. The van der Waals surface area contributed by atoms with Crippen molar-refractivity contribution in [2.75, 3.05) is 0 Å².